The summed E-state index contributed by atoms with van der Waals surface area (Å²) in [5, 5.41) is 13.7. The molecule has 0 radical (unpaired) electrons. The number of esters is 1. The number of carbonyl (C=O) groups excluding carboxylic acids is 2. The fourth-order valence-electron chi connectivity index (χ4n) is 3.12. The molecule has 9 nitrogen and oxygen atoms in total. The van der Waals surface area contributed by atoms with Crippen LogP contribution < -0.4 is 10.1 Å². The fraction of sp³-hybridized carbons (Fsp3) is 0.263. The molecule has 1 N–H and O–H groups in total. The van der Waals surface area contributed by atoms with E-state index in [1.54, 1.807) is 18.2 Å². The highest BCUT2D eigenvalue weighted by Gasteiger charge is 2.30. The van der Waals surface area contributed by atoms with Gasteiger partial charge in [0.25, 0.3) is 5.69 Å². The summed E-state index contributed by atoms with van der Waals surface area (Å²) in [6.45, 7) is -0.0393. The second kappa shape index (κ2) is 8.50. The second-order valence-electron chi connectivity index (χ2n) is 6.56. The lowest BCUT2D eigenvalue weighted by atomic mass is 10.1. The average molecular weight is 451 g/mol. The first-order valence-corrected chi connectivity index (χ1v) is 10.1. The Hall–Kier alpha value is -2.82. The van der Waals surface area contributed by atoms with Gasteiger partial charge >= 0.3 is 5.97 Å². The molecule has 2 aliphatic rings. The Morgan fingerprint density at radius 2 is 2.20 bits per heavy atom. The Kier molecular flexibility index (Phi) is 5.80. The van der Waals surface area contributed by atoms with Crippen LogP contribution in [0.4, 0.5) is 11.4 Å². The molecule has 0 saturated carbocycles. The molecular formula is C19H15ClN2O7S. The molecule has 0 bridgehead atoms. The molecule has 1 unspecified atom stereocenters. The van der Waals surface area contributed by atoms with Crippen molar-refractivity contribution in [2.75, 3.05) is 12.1 Å². The van der Waals surface area contributed by atoms with E-state index in [2.05, 4.69) is 5.32 Å². The summed E-state index contributed by atoms with van der Waals surface area (Å²) in [5.74, 6) is -0.512. The van der Waals surface area contributed by atoms with Crippen molar-refractivity contribution in [1.29, 1.82) is 0 Å². The van der Waals surface area contributed by atoms with Crippen molar-refractivity contribution in [2.24, 2.45) is 0 Å². The van der Waals surface area contributed by atoms with Crippen LogP contribution in [0, 0.1) is 10.1 Å². The van der Waals surface area contributed by atoms with Gasteiger partial charge < -0.3 is 19.5 Å². The lowest BCUT2D eigenvalue weighted by Gasteiger charge is -2.24. The maximum Gasteiger partial charge on any atom is 0.307 e. The summed E-state index contributed by atoms with van der Waals surface area (Å²) in [6.07, 6.45) is -0.153. The van der Waals surface area contributed by atoms with Gasteiger partial charge in [0.15, 0.2) is 6.79 Å². The van der Waals surface area contributed by atoms with Crippen LogP contribution in [-0.2, 0) is 32.3 Å². The molecule has 4 rings (SSSR count). The molecule has 0 fully saturated rings. The van der Waals surface area contributed by atoms with E-state index in [1.807, 2.05) is 0 Å². The van der Waals surface area contributed by atoms with Crippen molar-refractivity contribution in [3.63, 3.8) is 0 Å². The number of nitro benzene ring substituents is 1. The minimum Gasteiger partial charge on any atom is -0.467 e. The van der Waals surface area contributed by atoms with Gasteiger partial charge in [-0.2, -0.15) is 0 Å². The summed E-state index contributed by atoms with van der Waals surface area (Å²) < 4.78 is 15.9. The molecule has 1 atom stereocenters. The first-order chi connectivity index (χ1) is 14.4. The number of rotatable bonds is 5. The molecule has 0 aromatic heterocycles. The lowest BCUT2D eigenvalue weighted by molar-refractivity contribution is -0.385. The van der Waals surface area contributed by atoms with Crippen molar-refractivity contribution < 1.29 is 28.7 Å². The molecule has 30 heavy (non-hydrogen) atoms. The summed E-state index contributed by atoms with van der Waals surface area (Å²) >= 11 is 7.18. The van der Waals surface area contributed by atoms with E-state index in [0.717, 1.165) is 4.90 Å². The van der Waals surface area contributed by atoms with Crippen LogP contribution in [0.3, 0.4) is 0 Å². The number of fused-ring (bicyclic) bond motifs is 2. The monoisotopic (exact) mass is 450 g/mol. The van der Waals surface area contributed by atoms with E-state index in [1.165, 1.54) is 23.9 Å². The maximum atomic E-state index is 12.3. The Morgan fingerprint density at radius 1 is 1.37 bits per heavy atom. The molecule has 0 saturated heterocycles. The number of nitrogens with one attached hydrogen (secondary N) is 1. The van der Waals surface area contributed by atoms with Gasteiger partial charge in [0.05, 0.1) is 28.9 Å². The van der Waals surface area contributed by atoms with Gasteiger partial charge in [-0.05, 0) is 18.2 Å². The minimum atomic E-state index is -0.658. The second-order valence-corrected chi connectivity index (χ2v) is 8.24. The smallest absolute Gasteiger partial charge is 0.307 e. The third-order valence-electron chi connectivity index (χ3n) is 4.48. The molecular weight excluding hydrogens is 436 g/mol. The van der Waals surface area contributed by atoms with Crippen LogP contribution in [0.2, 0.25) is 5.02 Å². The Morgan fingerprint density at radius 3 is 3.00 bits per heavy atom. The van der Waals surface area contributed by atoms with Gasteiger partial charge in [-0.1, -0.05) is 11.6 Å². The number of anilines is 1. The number of ether oxygens (including phenoxy) is 3. The van der Waals surface area contributed by atoms with Crippen LogP contribution >= 0.6 is 23.4 Å². The van der Waals surface area contributed by atoms with Gasteiger partial charge in [-0.15, -0.1) is 11.8 Å². The molecule has 2 aromatic rings. The van der Waals surface area contributed by atoms with E-state index in [0.29, 0.717) is 27.6 Å². The van der Waals surface area contributed by atoms with Gasteiger partial charge in [-0.25, -0.2) is 0 Å². The van der Waals surface area contributed by atoms with E-state index in [4.69, 9.17) is 25.8 Å². The predicted octanol–water partition coefficient (Wildman–Crippen LogP) is 3.66. The number of hydrogen-bond donors (Lipinski definition) is 1. The number of amides is 1. The van der Waals surface area contributed by atoms with Crippen LogP contribution in [-0.4, -0.2) is 28.8 Å². The van der Waals surface area contributed by atoms with E-state index >= 15 is 0 Å². The molecule has 2 heterocycles. The minimum absolute atomic E-state index is 0.00800. The standard InChI is InChI=1S/C19H15ClN2O7S/c20-12-1-2-15-14(5-12)21-19(24)16(30-15)6-17(23)28-8-11-4-13(22(25)26)3-10-7-27-9-29-18(10)11/h1-5,16H,6-9H2,(H,21,24). The molecule has 0 spiro atoms. The normalized spacial score (nSPS) is 17.2. The van der Waals surface area contributed by atoms with Gasteiger partial charge in [0, 0.05) is 33.2 Å². The average Bonchev–Trinajstić information content (AvgIpc) is 2.72. The van der Waals surface area contributed by atoms with E-state index < -0.39 is 16.1 Å². The van der Waals surface area contributed by atoms with E-state index in [9.17, 15) is 19.7 Å². The van der Waals surface area contributed by atoms with Crippen molar-refractivity contribution >= 4 is 46.6 Å². The Balaban J connectivity index is 1.43. The SMILES string of the molecule is O=C(CC1Sc2ccc(Cl)cc2NC1=O)OCc1cc([N+](=O)[O-])cc2c1OCOC2. The highest BCUT2D eigenvalue weighted by atomic mass is 35.5. The topological polar surface area (TPSA) is 117 Å². The maximum absolute atomic E-state index is 12.3. The zero-order valence-corrected chi connectivity index (χ0v) is 17.0. The molecule has 2 aliphatic heterocycles. The first-order valence-electron chi connectivity index (χ1n) is 8.84. The summed E-state index contributed by atoms with van der Waals surface area (Å²) in [4.78, 5) is 36.1. The number of non-ortho nitro benzene ring substituents is 1. The summed E-state index contributed by atoms with van der Waals surface area (Å²) in [7, 11) is 0. The first kappa shape index (κ1) is 20.5. The van der Waals surface area contributed by atoms with Crippen LogP contribution in [0.15, 0.2) is 35.2 Å². The lowest BCUT2D eigenvalue weighted by Crippen LogP contribution is -2.31. The number of benzene rings is 2. The quantitative estimate of drug-likeness (QED) is 0.416. The Bertz CT molecular complexity index is 1050. The van der Waals surface area contributed by atoms with Gasteiger partial charge in [-0.3, -0.25) is 19.7 Å². The van der Waals surface area contributed by atoms with Crippen LogP contribution in [0.5, 0.6) is 5.75 Å². The van der Waals surface area contributed by atoms with Crippen molar-refractivity contribution in [3.8, 4) is 5.75 Å². The molecule has 156 valence electrons. The molecule has 11 heteroatoms. The Labute approximate surface area is 179 Å². The van der Waals surface area contributed by atoms with Gasteiger partial charge in [0.2, 0.25) is 5.91 Å². The zero-order valence-electron chi connectivity index (χ0n) is 15.4. The highest BCUT2D eigenvalue weighted by molar-refractivity contribution is 8.01. The number of hydrogen-bond acceptors (Lipinski definition) is 8. The number of nitro groups is 1. The van der Waals surface area contributed by atoms with Crippen molar-refractivity contribution in [1.82, 2.24) is 0 Å². The predicted molar refractivity (Wildman–Crippen MR) is 108 cm³/mol. The molecule has 0 aliphatic carbocycles. The number of thioether (sulfide) groups is 1. The van der Waals surface area contributed by atoms with E-state index in [-0.39, 0.29) is 38.0 Å². The largest absolute Gasteiger partial charge is 0.467 e. The van der Waals surface area contributed by atoms with Crippen molar-refractivity contribution in [2.45, 2.75) is 29.8 Å². The van der Waals surface area contributed by atoms with Gasteiger partial charge in [0.1, 0.15) is 12.4 Å². The zero-order chi connectivity index (χ0) is 21.3. The van der Waals surface area contributed by atoms with Crippen LogP contribution in [0.1, 0.15) is 17.5 Å². The number of nitrogens with zero attached hydrogens (tertiary/aromatic N) is 1. The summed E-state index contributed by atoms with van der Waals surface area (Å²) in [5.41, 5.74) is 1.34. The fourth-order valence-corrected chi connectivity index (χ4v) is 4.37. The number of halogens is 1. The van der Waals surface area contributed by atoms with Crippen LogP contribution in [0.25, 0.3) is 0 Å². The summed E-state index contributed by atoms with van der Waals surface area (Å²) in [6, 6.07) is 7.79. The third kappa shape index (κ3) is 4.35. The molecule has 1 amide bonds. The number of carbonyl (C=O) groups is 2. The third-order valence-corrected chi connectivity index (χ3v) is 5.99. The highest BCUT2D eigenvalue weighted by Crippen LogP contribution is 2.38. The van der Waals surface area contributed by atoms with Crippen molar-refractivity contribution in [3.05, 3.63) is 56.6 Å². The molecule has 2 aromatic carbocycles.